The lowest BCUT2D eigenvalue weighted by Crippen LogP contribution is -2.37. The molecule has 0 aliphatic carbocycles. The first-order chi connectivity index (χ1) is 6.22. The van der Waals surface area contributed by atoms with Crippen LogP contribution < -0.4 is 17.0 Å². The fraction of sp³-hybridized carbons (Fsp3) is 0.429. The van der Waals surface area contributed by atoms with Crippen molar-refractivity contribution in [1.29, 1.82) is 0 Å². The van der Waals surface area contributed by atoms with Gasteiger partial charge in [0.05, 0.1) is 12.0 Å². The number of aliphatic imine (C=N–C) groups is 1. The van der Waals surface area contributed by atoms with E-state index in [1.165, 1.54) is 0 Å². The van der Waals surface area contributed by atoms with Crippen molar-refractivity contribution in [2.45, 2.75) is 6.42 Å². The van der Waals surface area contributed by atoms with Crippen LogP contribution in [0.15, 0.2) is 17.5 Å². The van der Waals surface area contributed by atoms with Gasteiger partial charge in [-0.2, -0.15) is 0 Å². The van der Waals surface area contributed by atoms with E-state index in [-0.39, 0.29) is 5.96 Å². The first-order valence-electron chi connectivity index (χ1n) is 3.95. The predicted octanol–water partition coefficient (Wildman–Crippen LogP) is -1.26. The van der Waals surface area contributed by atoms with Crippen LogP contribution in [-0.4, -0.2) is 22.1 Å². The van der Waals surface area contributed by atoms with E-state index in [1.54, 1.807) is 6.33 Å². The van der Waals surface area contributed by atoms with Crippen LogP contribution in [-0.2, 0) is 13.5 Å². The lowest BCUT2D eigenvalue weighted by Gasteiger charge is -1.96. The summed E-state index contributed by atoms with van der Waals surface area (Å²) in [5.74, 6) is 5.28. The smallest absolute Gasteiger partial charge is 0.203 e. The first-order valence-corrected chi connectivity index (χ1v) is 3.95. The molecule has 6 heteroatoms. The Balaban J connectivity index is 2.35. The van der Waals surface area contributed by atoms with Crippen molar-refractivity contribution in [2.75, 3.05) is 6.54 Å². The number of hydrazine groups is 1. The normalized spacial score (nSPS) is 11.7. The molecule has 0 fully saturated rings. The van der Waals surface area contributed by atoms with Crippen molar-refractivity contribution in [1.82, 2.24) is 15.0 Å². The fourth-order valence-corrected chi connectivity index (χ4v) is 0.933. The van der Waals surface area contributed by atoms with E-state index in [9.17, 15) is 0 Å². The Morgan fingerprint density at radius 2 is 2.54 bits per heavy atom. The van der Waals surface area contributed by atoms with Crippen LogP contribution in [0.2, 0.25) is 0 Å². The van der Waals surface area contributed by atoms with Crippen LogP contribution in [0, 0.1) is 0 Å². The molecule has 0 unspecified atom stereocenters. The van der Waals surface area contributed by atoms with Gasteiger partial charge in [-0.15, -0.1) is 0 Å². The van der Waals surface area contributed by atoms with Gasteiger partial charge >= 0.3 is 0 Å². The Labute approximate surface area is 76.6 Å². The van der Waals surface area contributed by atoms with Crippen molar-refractivity contribution in [3.63, 3.8) is 0 Å². The van der Waals surface area contributed by atoms with Crippen molar-refractivity contribution in [3.05, 3.63) is 18.2 Å². The summed E-state index contributed by atoms with van der Waals surface area (Å²) in [4.78, 5) is 8.10. The highest BCUT2D eigenvalue weighted by Crippen LogP contribution is 1.94. The summed E-state index contributed by atoms with van der Waals surface area (Å²) in [7, 11) is 1.93. The molecule has 0 spiro atoms. The lowest BCUT2D eigenvalue weighted by molar-refractivity contribution is 0.896. The van der Waals surface area contributed by atoms with Gasteiger partial charge in [-0.05, 0) is 0 Å². The summed E-state index contributed by atoms with van der Waals surface area (Å²) >= 11 is 0. The van der Waals surface area contributed by atoms with Crippen molar-refractivity contribution >= 4 is 5.96 Å². The third-order valence-corrected chi connectivity index (χ3v) is 1.56. The number of hydrogen-bond acceptors (Lipinski definition) is 3. The number of aryl methyl sites for hydroxylation is 1. The molecular formula is C7H14N6. The summed E-state index contributed by atoms with van der Waals surface area (Å²) in [6, 6.07) is 0. The summed E-state index contributed by atoms with van der Waals surface area (Å²) in [6.45, 7) is 0.590. The second kappa shape index (κ2) is 4.46. The topological polar surface area (TPSA) is 94.2 Å². The van der Waals surface area contributed by atoms with Gasteiger partial charge in [-0.1, -0.05) is 0 Å². The molecule has 0 aromatic carbocycles. The average Bonchev–Trinajstić information content (AvgIpc) is 2.51. The van der Waals surface area contributed by atoms with Gasteiger partial charge in [-0.25, -0.2) is 10.8 Å². The number of hydrogen-bond donors (Lipinski definition) is 3. The van der Waals surface area contributed by atoms with Gasteiger partial charge in [0.25, 0.3) is 0 Å². The number of imidazole rings is 1. The molecule has 0 atom stereocenters. The highest BCUT2D eigenvalue weighted by molar-refractivity contribution is 5.77. The van der Waals surface area contributed by atoms with Crippen molar-refractivity contribution in [3.8, 4) is 0 Å². The van der Waals surface area contributed by atoms with Gasteiger partial charge in [0.2, 0.25) is 5.96 Å². The molecule has 13 heavy (non-hydrogen) atoms. The predicted molar refractivity (Wildman–Crippen MR) is 50.7 cm³/mol. The zero-order valence-corrected chi connectivity index (χ0v) is 7.57. The number of nitrogens with two attached hydrogens (primary N) is 2. The Morgan fingerprint density at radius 3 is 3.08 bits per heavy atom. The monoisotopic (exact) mass is 182 g/mol. The maximum absolute atomic E-state index is 5.33. The quantitative estimate of drug-likeness (QED) is 0.235. The Kier molecular flexibility index (Phi) is 3.27. The maximum Gasteiger partial charge on any atom is 0.203 e. The van der Waals surface area contributed by atoms with Crippen LogP contribution in [0.1, 0.15) is 5.69 Å². The van der Waals surface area contributed by atoms with E-state index in [0.29, 0.717) is 6.54 Å². The molecule has 1 heterocycles. The van der Waals surface area contributed by atoms with Crippen LogP contribution in [0.4, 0.5) is 0 Å². The van der Waals surface area contributed by atoms with E-state index in [2.05, 4.69) is 15.4 Å². The minimum atomic E-state index is 0.246. The second-order valence-electron chi connectivity index (χ2n) is 2.69. The molecule has 0 saturated carbocycles. The number of guanidine groups is 1. The van der Waals surface area contributed by atoms with Gasteiger partial charge in [0.1, 0.15) is 0 Å². The maximum atomic E-state index is 5.33. The molecule has 0 radical (unpaired) electrons. The number of nitrogens with one attached hydrogen (secondary N) is 1. The summed E-state index contributed by atoms with van der Waals surface area (Å²) in [5.41, 5.74) is 8.59. The first kappa shape index (κ1) is 9.53. The molecule has 6 nitrogen and oxygen atoms in total. The molecular weight excluding hydrogens is 168 g/mol. The summed E-state index contributed by atoms with van der Waals surface area (Å²) in [5, 5.41) is 0. The summed E-state index contributed by atoms with van der Waals surface area (Å²) in [6.07, 6.45) is 4.47. The van der Waals surface area contributed by atoms with E-state index in [1.807, 2.05) is 17.8 Å². The molecule has 72 valence electrons. The number of rotatable bonds is 3. The Morgan fingerprint density at radius 1 is 1.77 bits per heavy atom. The second-order valence-corrected chi connectivity index (χ2v) is 2.69. The Bertz CT molecular complexity index is 289. The fourth-order valence-electron chi connectivity index (χ4n) is 0.933. The molecule has 0 saturated heterocycles. The molecule has 1 aromatic heterocycles. The van der Waals surface area contributed by atoms with E-state index < -0.39 is 0 Å². The highest BCUT2D eigenvalue weighted by Gasteiger charge is 1.95. The molecule has 5 N–H and O–H groups in total. The number of aromatic nitrogens is 2. The molecule has 0 bridgehead atoms. The SMILES string of the molecule is Cn1cnc(CCN=C(N)NN)c1. The number of nitrogens with zero attached hydrogens (tertiary/aromatic N) is 3. The standard InChI is InChI=1S/C7H14N6/c1-13-4-6(11-5-13)2-3-10-7(8)12-9/h4-5H,2-3,9H2,1H3,(H3,8,10,12). The average molecular weight is 182 g/mol. The van der Waals surface area contributed by atoms with E-state index in [4.69, 9.17) is 11.6 Å². The van der Waals surface area contributed by atoms with E-state index in [0.717, 1.165) is 12.1 Å². The lowest BCUT2D eigenvalue weighted by atomic mass is 10.3. The zero-order chi connectivity index (χ0) is 9.68. The molecule has 1 rings (SSSR count). The van der Waals surface area contributed by atoms with Crippen molar-refractivity contribution in [2.24, 2.45) is 23.6 Å². The zero-order valence-electron chi connectivity index (χ0n) is 7.57. The van der Waals surface area contributed by atoms with Gasteiger partial charge in [0, 0.05) is 26.2 Å². The van der Waals surface area contributed by atoms with E-state index >= 15 is 0 Å². The minimum Gasteiger partial charge on any atom is -0.369 e. The van der Waals surface area contributed by atoms with Crippen LogP contribution >= 0.6 is 0 Å². The largest absolute Gasteiger partial charge is 0.369 e. The van der Waals surface area contributed by atoms with Gasteiger partial charge in [-0.3, -0.25) is 10.4 Å². The molecule has 1 aromatic rings. The van der Waals surface area contributed by atoms with Gasteiger partial charge in [0.15, 0.2) is 0 Å². The highest BCUT2D eigenvalue weighted by atomic mass is 15.3. The van der Waals surface area contributed by atoms with Crippen LogP contribution in [0.5, 0.6) is 0 Å². The Hall–Kier alpha value is -1.56. The molecule has 0 aliphatic rings. The van der Waals surface area contributed by atoms with Crippen LogP contribution in [0.25, 0.3) is 0 Å². The third kappa shape index (κ3) is 3.12. The third-order valence-electron chi connectivity index (χ3n) is 1.56. The molecule has 0 amide bonds. The van der Waals surface area contributed by atoms with Crippen molar-refractivity contribution < 1.29 is 0 Å². The molecule has 0 aliphatic heterocycles. The summed E-state index contributed by atoms with van der Waals surface area (Å²) < 4.78 is 1.89. The van der Waals surface area contributed by atoms with Crippen LogP contribution in [0.3, 0.4) is 0 Å². The minimum absolute atomic E-state index is 0.246. The van der Waals surface area contributed by atoms with Gasteiger partial charge < -0.3 is 10.3 Å².